The minimum absolute atomic E-state index is 0.00728. The first-order chi connectivity index (χ1) is 13.7. The van der Waals surface area contributed by atoms with Gasteiger partial charge in [0.1, 0.15) is 37.6 Å². The third-order valence-electron chi connectivity index (χ3n) is 4.73. The van der Waals surface area contributed by atoms with Crippen LogP contribution in [-0.2, 0) is 23.7 Å². The van der Waals surface area contributed by atoms with Crippen molar-refractivity contribution in [2.24, 2.45) is 5.92 Å². The van der Waals surface area contributed by atoms with Crippen molar-refractivity contribution in [1.29, 1.82) is 0 Å². The molecule has 2 unspecified atom stereocenters. The average Bonchev–Trinajstić information content (AvgIpc) is 3.35. The van der Waals surface area contributed by atoms with Crippen molar-refractivity contribution in [3.05, 3.63) is 35.4 Å². The number of hydrogen-bond donors (Lipinski definition) is 0. The molecule has 2 aromatic rings. The van der Waals surface area contributed by atoms with Gasteiger partial charge in [-0.15, -0.1) is 0 Å². The Kier molecular flexibility index (Phi) is 4.97. The van der Waals surface area contributed by atoms with Crippen LogP contribution in [0.25, 0.3) is 5.82 Å². The summed E-state index contributed by atoms with van der Waals surface area (Å²) in [5, 5.41) is 3.96. The van der Waals surface area contributed by atoms with Crippen LogP contribution in [0, 0.1) is 5.92 Å². The lowest BCUT2D eigenvalue weighted by atomic mass is 10.1. The maximum absolute atomic E-state index is 12.7. The maximum atomic E-state index is 12.7. The molecule has 29 heavy (non-hydrogen) atoms. The monoisotopic (exact) mass is 405 g/mol. The summed E-state index contributed by atoms with van der Waals surface area (Å²) < 4.78 is 26.0. The molecule has 4 atom stereocenters. The second-order valence-electron chi connectivity index (χ2n) is 7.73. The second-order valence-corrected chi connectivity index (χ2v) is 7.73. The van der Waals surface area contributed by atoms with Crippen LogP contribution >= 0.6 is 0 Å². The molecule has 0 aliphatic carbocycles. The molecular weight excluding hydrogens is 382 g/mol. The minimum atomic E-state index is -0.852. The van der Waals surface area contributed by atoms with E-state index in [1.54, 1.807) is 40.0 Å². The van der Waals surface area contributed by atoms with E-state index in [1.165, 1.54) is 21.9 Å². The number of nitrogens with zero attached hydrogens (tertiary/aromatic N) is 5. The highest BCUT2D eigenvalue weighted by atomic mass is 16.8. The van der Waals surface area contributed by atoms with E-state index >= 15 is 0 Å². The molecule has 2 aromatic heterocycles. The van der Waals surface area contributed by atoms with Gasteiger partial charge >= 0.3 is 11.7 Å². The predicted molar refractivity (Wildman–Crippen MR) is 96.9 cm³/mol. The smallest absolute Gasteiger partial charge is 0.351 e. The van der Waals surface area contributed by atoms with Crippen LogP contribution in [0.1, 0.15) is 33.9 Å². The van der Waals surface area contributed by atoms with E-state index in [0.717, 1.165) is 0 Å². The standard InChI is InChI=1S/C18H23N5O6/c1-10(2)16(24)26-7-11-13-14(29-18(3,4)28-13)15(27-11)22-6-5-12(21-17(22)25)23-9-19-8-20-23/h5-6,8-11,13-15H,7H2,1-4H3/t11-,13?,14?,15-/m1/s1. The number of ether oxygens (including phenoxy) is 4. The first-order valence-electron chi connectivity index (χ1n) is 9.37. The van der Waals surface area contributed by atoms with E-state index in [4.69, 9.17) is 18.9 Å². The van der Waals surface area contributed by atoms with Crippen molar-refractivity contribution in [3.63, 3.8) is 0 Å². The second kappa shape index (κ2) is 7.32. The molecule has 2 aliphatic heterocycles. The molecular formula is C18H23N5O6. The van der Waals surface area contributed by atoms with E-state index in [9.17, 15) is 9.59 Å². The highest BCUT2D eigenvalue weighted by molar-refractivity contribution is 5.71. The summed E-state index contributed by atoms with van der Waals surface area (Å²) in [5.41, 5.74) is -0.533. The zero-order valence-electron chi connectivity index (χ0n) is 16.6. The largest absolute Gasteiger partial charge is 0.463 e. The van der Waals surface area contributed by atoms with Crippen LogP contribution in [-0.4, -0.2) is 61.0 Å². The lowest BCUT2D eigenvalue weighted by molar-refractivity contribution is -0.203. The fourth-order valence-corrected chi connectivity index (χ4v) is 3.40. The van der Waals surface area contributed by atoms with Crippen LogP contribution in [0.3, 0.4) is 0 Å². The van der Waals surface area contributed by atoms with Gasteiger partial charge in [-0.1, -0.05) is 13.8 Å². The van der Waals surface area contributed by atoms with Crippen molar-refractivity contribution < 1.29 is 23.7 Å². The molecule has 0 aromatic carbocycles. The van der Waals surface area contributed by atoms with E-state index in [-0.39, 0.29) is 18.5 Å². The molecule has 0 amide bonds. The Balaban J connectivity index is 1.58. The Morgan fingerprint density at radius 2 is 2.07 bits per heavy atom. The van der Waals surface area contributed by atoms with Crippen LogP contribution in [0.4, 0.5) is 0 Å². The Hall–Kier alpha value is -2.63. The lowest BCUT2D eigenvalue weighted by Gasteiger charge is -2.25. The highest BCUT2D eigenvalue weighted by Gasteiger charge is 2.56. The minimum Gasteiger partial charge on any atom is -0.463 e. The fourth-order valence-electron chi connectivity index (χ4n) is 3.40. The maximum Gasteiger partial charge on any atom is 0.351 e. The Morgan fingerprint density at radius 3 is 2.72 bits per heavy atom. The quantitative estimate of drug-likeness (QED) is 0.653. The molecule has 11 nitrogen and oxygen atoms in total. The van der Waals surface area contributed by atoms with Crippen LogP contribution in [0.15, 0.2) is 29.7 Å². The topological polar surface area (TPSA) is 120 Å². The summed E-state index contributed by atoms with van der Waals surface area (Å²) in [5.74, 6) is -1.10. The Labute approximate surface area is 166 Å². The molecule has 0 spiro atoms. The zero-order chi connectivity index (χ0) is 20.8. The van der Waals surface area contributed by atoms with Gasteiger partial charge in [-0.05, 0) is 19.9 Å². The van der Waals surface area contributed by atoms with E-state index < -0.39 is 36.0 Å². The van der Waals surface area contributed by atoms with Crippen molar-refractivity contribution in [1.82, 2.24) is 24.3 Å². The summed E-state index contributed by atoms with van der Waals surface area (Å²) in [6.07, 6.45) is 1.98. The number of fused-ring (bicyclic) bond motifs is 1. The SMILES string of the molecule is CC(C)C(=O)OC[C@H]1O[C@@H](n2ccc(-n3cncn3)nc2=O)C2OC(C)(C)OC21. The summed E-state index contributed by atoms with van der Waals surface area (Å²) in [7, 11) is 0. The fraction of sp³-hybridized carbons (Fsp3) is 0.611. The van der Waals surface area contributed by atoms with E-state index in [0.29, 0.717) is 5.82 Å². The van der Waals surface area contributed by atoms with Gasteiger partial charge < -0.3 is 18.9 Å². The summed E-state index contributed by atoms with van der Waals surface area (Å²) in [4.78, 5) is 32.4. The van der Waals surface area contributed by atoms with Crippen molar-refractivity contribution >= 4 is 5.97 Å². The predicted octanol–water partition coefficient (Wildman–Crippen LogP) is 0.441. The number of carbonyl (C=O) groups excluding carboxylic acids is 1. The molecule has 11 heteroatoms. The van der Waals surface area contributed by atoms with Gasteiger partial charge in [0.25, 0.3) is 0 Å². The molecule has 156 valence electrons. The van der Waals surface area contributed by atoms with Crippen molar-refractivity contribution in [3.8, 4) is 5.82 Å². The van der Waals surface area contributed by atoms with E-state index in [1.807, 2.05) is 0 Å². The number of rotatable bonds is 5. The third kappa shape index (κ3) is 3.80. The number of esters is 1. The normalized spacial score (nSPS) is 27.9. The van der Waals surface area contributed by atoms with Gasteiger partial charge in [0, 0.05) is 6.20 Å². The molecule has 4 heterocycles. The number of aromatic nitrogens is 5. The summed E-state index contributed by atoms with van der Waals surface area (Å²) >= 11 is 0. The molecule has 0 radical (unpaired) electrons. The Morgan fingerprint density at radius 1 is 1.31 bits per heavy atom. The molecule has 4 rings (SSSR count). The van der Waals surface area contributed by atoms with Crippen LogP contribution in [0.2, 0.25) is 0 Å². The lowest BCUT2D eigenvalue weighted by Crippen LogP contribution is -2.35. The van der Waals surface area contributed by atoms with Crippen LogP contribution in [0.5, 0.6) is 0 Å². The van der Waals surface area contributed by atoms with Gasteiger partial charge in [-0.3, -0.25) is 9.36 Å². The number of carbonyl (C=O) groups is 1. The summed E-state index contributed by atoms with van der Waals surface area (Å²) in [6, 6.07) is 1.63. The van der Waals surface area contributed by atoms with Crippen molar-refractivity contribution in [2.75, 3.05) is 6.61 Å². The van der Waals surface area contributed by atoms with E-state index in [2.05, 4.69) is 15.1 Å². The molecule has 2 saturated heterocycles. The molecule has 2 fully saturated rings. The first kappa shape index (κ1) is 19.7. The highest BCUT2D eigenvalue weighted by Crippen LogP contribution is 2.42. The van der Waals surface area contributed by atoms with Crippen LogP contribution < -0.4 is 5.69 Å². The van der Waals surface area contributed by atoms with Gasteiger partial charge in [-0.2, -0.15) is 10.1 Å². The molecule has 0 bridgehead atoms. The van der Waals surface area contributed by atoms with Crippen molar-refractivity contribution in [2.45, 2.75) is 58.0 Å². The zero-order valence-corrected chi connectivity index (χ0v) is 16.6. The molecule has 0 saturated carbocycles. The van der Waals surface area contributed by atoms with Gasteiger partial charge in [-0.25, -0.2) is 14.5 Å². The Bertz CT molecular complexity index is 940. The van der Waals surface area contributed by atoms with Gasteiger partial charge in [0.05, 0.1) is 5.92 Å². The third-order valence-corrected chi connectivity index (χ3v) is 4.73. The first-order valence-corrected chi connectivity index (χ1v) is 9.37. The summed E-state index contributed by atoms with van der Waals surface area (Å²) in [6.45, 7) is 7.09. The number of hydrogen-bond acceptors (Lipinski definition) is 9. The molecule has 0 N–H and O–H groups in total. The van der Waals surface area contributed by atoms with Gasteiger partial charge in [0.2, 0.25) is 0 Å². The average molecular weight is 405 g/mol. The molecule has 2 aliphatic rings. The van der Waals surface area contributed by atoms with Gasteiger partial charge in [0.15, 0.2) is 17.8 Å².